The Kier molecular flexibility index (Phi) is 4.89. The summed E-state index contributed by atoms with van der Waals surface area (Å²) in [4.78, 5) is 26.8. The van der Waals surface area contributed by atoms with Crippen LogP contribution in [-0.4, -0.2) is 18.5 Å². The molecule has 0 bridgehead atoms. The Morgan fingerprint density at radius 1 is 1.14 bits per heavy atom. The third-order valence-corrected chi connectivity index (χ3v) is 2.99. The minimum Gasteiger partial charge on any atom is -0.452 e. The van der Waals surface area contributed by atoms with Crippen LogP contribution < -0.4 is 5.32 Å². The van der Waals surface area contributed by atoms with E-state index in [1.165, 1.54) is 24.3 Å². The summed E-state index contributed by atoms with van der Waals surface area (Å²) >= 11 is 0. The molecule has 0 aromatic heterocycles. The number of nitrogens with zero attached hydrogens (tertiary/aromatic N) is 1. The molecular weight excluding hydrogens is 280 g/mol. The standard InChI is InChI=1S/C17H14N2O3/c1-12-5-3-4-6-15(12)19-16(20)11-22-17(21)13-7-9-14(18-2)10-8-13/h3-10H,11H2,1H3,(H,19,20). The van der Waals surface area contributed by atoms with E-state index in [-0.39, 0.29) is 6.61 Å². The quantitative estimate of drug-likeness (QED) is 0.695. The van der Waals surface area contributed by atoms with Gasteiger partial charge in [-0.3, -0.25) is 4.79 Å². The van der Waals surface area contributed by atoms with Gasteiger partial charge in [0.25, 0.3) is 5.91 Å². The van der Waals surface area contributed by atoms with Crippen molar-refractivity contribution in [1.82, 2.24) is 0 Å². The van der Waals surface area contributed by atoms with Crippen LogP contribution in [0, 0.1) is 13.5 Å². The molecule has 2 aromatic rings. The number of esters is 1. The number of hydrogen-bond donors (Lipinski definition) is 1. The van der Waals surface area contributed by atoms with Gasteiger partial charge in [-0.2, -0.15) is 0 Å². The van der Waals surface area contributed by atoms with Crippen LogP contribution in [0.25, 0.3) is 4.85 Å². The average molecular weight is 294 g/mol. The maximum atomic E-state index is 11.8. The fourth-order valence-electron chi connectivity index (χ4n) is 1.79. The summed E-state index contributed by atoms with van der Waals surface area (Å²) in [5, 5.41) is 2.68. The maximum Gasteiger partial charge on any atom is 0.338 e. The highest BCUT2D eigenvalue weighted by Gasteiger charge is 2.10. The molecule has 0 aliphatic heterocycles. The summed E-state index contributed by atoms with van der Waals surface area (Å²) in [6, 6.07) is 13.4. The first-order chi connectivity index (χ1) is 10.6. The van der Waals surface area contributed by atoms with Crippen molar-refractivity contribution in [2.45, 2.75) is 6.92 Å². The van der Waals surface area contributed by atoms with Gasteiger partial charge < -0.3 is 10.1 Å². The predicted octanol–water partition coefficient (Wildman–Crippen LogP) is 3.34. The van der Waals surface area contributed by atoms with Gasteiger partial charge in [0, 0.05) is 5.69 Å². The van der Waals surface area contributed by atoms with Gasteiger partial charge in [-0.15, -0.1) is 0 Å². The summed E-state index contributed by atoms with van der Waals surface area (Å²) < 4.78 is 4.95. The zero-order valence-electron chi connectivity index (χ0n) is 12.0. The second-order valence-corrected chi connectivity index (χ2v) is 4.60. The lowest BCUT2D eigenvalue weighted by Gasteiger charge is -2.08. The maximum absolute atomic E-state index is 11.8. The first-order valence-electron chi connectivity index (χ1n) is 6.60. The van der Waals surface area contributed by atoms with Crippen molar-refractivity contribution in [3.63, 3.8) is 0 Å². The topological polar surface area (TPSA) is 59.8 Å². The van der Waals surface area contributed by atoms with Gasteiger partial charge in [-0.1, -0.05) is 42.5 Å². The van der Waals surface area contributed by atoms with Crippen LogP contribution in [0.4, 0.5) is 11.4 Å². The zero-order chi connectivity index (χ0) is 15.9. The van der Waals surface area contributed by atoms with E-state index in [2.05, 4.69) is 10.2 Å². The van der Waals surface area contributed by atoms with Crippen LogP contribution in [0.15, 0.2) is 48.5 Å². The Balaban J connectivity index is 1.89. The zero-order valence-corrected chi connectivity index (χ0v) is 12.0. The van der Waals surface area contributed by atoms with Crippen LogP contribution in [0.1, 0.15) is 15.9 Å². The first kappa shape index (κ1) is 15.3. The number of nitrogens with one attached hydrogen (secondary N) is 1. The normalized spacial score (nSPS) is 9.64. The molecule has 0 radical (unpaired) electrons. The molecular formula is C17H14N2O3. The highest BCUT2D eigenvalue weighted by atomic mass is 16.5. The minimum atomic E-state index is -0.600. The van der Waals surface area contributed by atoms with Crippen LogP contribution in [0.5, 0.6) is 0 Å². The molecule has 0 heterocycles. The Labute approximate surface area is 128 Å². The largest absolute Gasteiger partial charge is 0.452 e. The summed E-state index contributed by atoms with van der Waals surface area (Å²) in [7, 11) is 0. The van der Waals surface area contributed by atoms with E-state index in [1.54, 1.807) is 6.07 Å². The molecule has 110 valence electrons. The van der Waals surface area contributed by atoms with E-state index < -0.39 is 11.9 Å². The van der Waals surface area contributed by atoms with Crippen molar-refractivity contribution in [3.05, 3.63) is 71.1 Å². The molecule has 2 aromatic carbocycles. The molecule has 1 amide bonds. The molecule has 0 unspecified atom stereocenters. The van der Waals surface area contributed by atoms with E-state index in [1.807, 2.05) is 25.1 Å². The predicted molar refractivity (Wildman–Crippen MR) is 82.8 cm³/mol. The summed E-state index contributed by atoms with van der Waals surface area (Å²) in [6.07, 6.45) is 0. The summed E-state index contributed by atoms with van der Waals surface area (Å²) in [5.41, 5.74) is 2.35. The molecule has 5 nitrogen and oxygen atoms in total. The molecule has 2 rings (SSSR count). The van der Waals surface area contributed by atoms with Crippen molar-refractivity contribution in [2.24, 2.45) is 0 Å². The van der Waals surface area contributed by atoms with Crippen molar-refractivity contribution >= 4 is 23.3 Å². The molecule has 0 aliphatic rings. The SMILES string of the molecule is [C-]#[N+]c1ccc(C(=O)OCC(=O)Nc2ccccc2C)cc1. The molecule has 0 atom stereocenters. The van der Waals surface area contributed by atoms with Crippen LogP contribution in [0.3, 0.4) is 0 Å². The molecule has 0 fully saturated rings. The van der Waals surface area contributed by atoms with Gasteiger partial charge in [0.05, 0.1) is 12.1 Å². The highest BCUT2D eigenvalue weighted by Crippen LogP contribution is 2.14. The van der Waals surface area contributed by atoms with E-state index >= 15 is 0 Å². The van der Waals surface area contributed by atoms with E-state index in [0.717, 1.165) is 5.56 Å². The molecule has 0 saturated carbocycles. The van der Waals surface area contributed by atoms with Gasteiger partial charge in [0.1, 0.15) is 0 Å². The number of ether oxygens (including phenoxy) is 1. The fourth-order valence-corrected chi connectivity index (χ4v) is 1.79. The third kappa shape index (κ3) is 3.93. The van der Waals surface area contributed by atoms with Crippen molar-refractivity contribution in [1.29, 1.82) is 0 Å². The lowest BCUT2D eigenvalue weighted by Crippen LogP contribution is -2.21. The highest BCUT2D eigenvalue weighted by molar-refractivity contribution is 5.96. The second-order valence-electron chi connectivity index (χ2n) is 4.60. The van der Waals surface area contributed by atoms with Crippen LogP contribution in [0.2, 0.25) is 0 Å². The number of rotatable bonds is 4. The third-order valence-electron chi connectivity index (χ3n) is 2.99. The van der Waals surface area contributed by atoms with E-state index in [0.29, 0.717) is 16.9 Å². The minimum absolute atomic E-state index is 0.302. The molecule has 0 saturated heterocycles. The smallest absolute Gasteiger partial charge is 0.338 e. The number of carbonyl (C=O) groups is 2. The number of amides is 1. The lowest BCUT2D eigenvalue weighted by molar-refractivity contribution is -0.119. The van der Waals surface area contributed by atoms with Gasteiger partial charge >= 0.3 is 5.97 Å². The van der Waals surface area contributed by atoms with E-state index in [4.69, 9.17) is 11.3 Å². The molecule has 0 aliphatic carbocycles. The van der Waals surface area contributed by atoms with Gasteiger partial charge in [0.15, 0.2) is 12.3 Å². The van der Waals surface area contributed by atoms with Crippen LogP contribution >= 0.6 is 0 Å². The molecule has 1 N–H and O–H groups in total. The lowest BCUT2D eigenvalue weighted by atomic mass is 10.2. The molecule has 22 heavy (non-hydrogen) atoms. The van der Waals surface area contributed by atoms with Crippen molar-refractivity contribution in [2.75, 3.05) is 11.9 Å². The monoisotopic (exact) mass is 294 g/mol. The summed E-state index contributed by atoms with van der Waals surface area (Å²) in [5.74, 6) is -1.00. The number of anilines is 1. The van der Waals surface area contributed by atoms with Crippen LogP contribution in [-0.2, 0) is 9.53 Å². The van der Waals surface area contributed by atoms with Crippen molar-refractivity contribution < 1.29 is 14.3 Å². The number of para-hydroxylation sites is 1. The Morgan fingerprint density at radius 2 is 1.82 bits per heavy atom. The van der Waals surface area contributed by atoms with Gasteiger partial charge in [-0.25, -0.2) is 9.64 Å². The van der Waals surface area contributed by atoms with Gasteiger partial charge in [0.2, 0.25) is 0 Å². The summed E-state index contributed by atoms with van der Waals surface area (Å²) in [6.45, 7) is 8.35. The first-order valence-corrected chi connectivity index (χ1v) is 6.60. The average Bonchev–Trinajstić information content (AvgIpc) is 2.55. The molecule has 5 heteroatoms. The van der Waals surface area contributed by atoms with Crippen molar-refractivity contribution in [3.8, 4) is 0 Å². The Morgan fingerprint density at radius 3 is 2.45 bits per heavy atom. The fraction of sp³-hybridized carbons (Fsp3) is 0.118. The molecule has 0 spiro atoms. The number of benzene rings is 2. The number of aryl methyl sites for hydroxylation is 1. The number of carbonyl (C=O) groups excluding carboxylic acids is 2. The van der Waals surface area contributed by atoms with Gasteiger partial charge in [-0.05, 0) is 18.6 Å². The second kappa shape index (κ2) is 7.04. The van der Waals surface area contributed by atoms with E-state index in [9.17, 15) is 9.59 Å². The Hall–Kier alpha value is -3.13. The number of hydrogen-bond acceptors (Lipinski definition) is 3. The Bertz CT molecular complexity index is 730.